The van der Waals surface area contributed by atoms with Crippen molar-refractivity contribution in [2.75, 3.05) is 6.54 Å². The number of aromatic nitrogens is 3. The fourth-order valence-electron chi connectivity index (χ4n) is 2.86. The van der Waals surface area contributed by atoms with Crippen molar-refractivity contribution in [2.24, 2.45) is 0 Å². The number of carbonyl (C=O) groups excluding carboxylic acids is 1. The summed E-state index contributed by atoms with van der Waals surface area (Å²) in [5.41, 5.74) is 1.23. The highest BCUT2D eigenvalue weighted by Crippen LogP contribution is 2.28. The van der Waals surface area contributed by atoms with E-state index in [2.05, 4.69) is 36.2 Å². The van der Waals surface area contributed by atoms with Crippen molar-refractivity contribution < 1.29 is 4.79 Å². The molecule has 2 aromatic rings. The van der Waals surface area contributed by atoms with Crippen LogP contribution in [0.3, 0.4) is 0 Å². The van der Waals surface area contributed by atoms with E-state index in [4.69, 9.17) is 0 Å². The average molecular weight is 284 g/mol. The first kappa shape index (κ1) is 13.8. The molecule has 1 saturated heterocycles. The van der Waals surface area contributed by atoms with Gasteiger partial charge in [0.1, 0.15) is 6.33 Å². The minimum atomic E-state index is 0.196. The minimum absolute atomic E-state index is 0.196. The van der Waals surface area contributed by atoms with Crippen LogP contribution in [0.15, 0.2) is 36.7 Å². The van der Waals surface area contributed by atoms with Crippen molar-refractivity contribution in [3.63, 3.8) is 0 Å². The average Bonchev–Trinajstić information content (AvgIpc) is 3.08. The predicted octanol–water partition coefficient (Wildman–Crippen LogP) is 2.38. The maximum atomic E-state index is 12.2. The molecule has 110 valence electrons. The van der Waals surface area contributed by atoms with E-state index in [-0.39, 0.29) is 11.8 Å². The molecule has 1 aliphatic rings. The lowest BCUT2D eigenvalue weighted by atomic mass is 9.99. The second-order valence-corrected chi connectivity index (χ2v) is 5.83. The van der Waals surface area contributed by atoms with E-state index in [0.29, 0.717) is 19.0 Å². The third kappa shape index (κ3) is 2.82. The van der Waals surface area contributed by atoms with Crippen molar-refractivity contribution in [2.45, 2.75) is 38.8 Å². The lowest BCUT2D eigenvalue weighted by molar-refractivity contribution is -0.128. The zero-order valence-corrected chi connectivity index (χ0v) is 12.4. The van der Waals surface area contributed by atoms with Gasteiger partial charge >= 0.3 is 0 Å². The minimum Gasteiger partial charge on any atom is -0.335 e. The summed E-state index contributed by atoms with van der Waals surface area (Å²) in [6.45, 7) is 5.48. The summed E-state index contributed by atoms with van der Waals surface area (Å²) in [7, 11) is 0. The highest BCUT2D eigenvalue weighted by molar-refractivity contribution is 5.79. The zero-order valence-electron chi connectivity index (χ0n) is 12.4. The van der Waals surface area contributed by atoms with Crippen LogP contribution in [0.25, 0.3) is 0 Å². The molecule has 5 heteroatoms. The van der Waals surface area contributed by atoms with Gasteiger partial charge in [-0.2, -0.15) is 0 Å². The summed E-state index contributed by atoms with van der Waals surface area (Å²) < 4.78 is 2.02. The first-order valence-electron chi connectivity index (χ1n) is 7.36. The Morgan fingerprint density at radius 3 is 2.76 bits per heavy atom. The fraction of sp³-hybridized carbons (Fsp3) is 0.438. The Morgan fingerprint density at radius 2 is 2.05 bits per heavy atom. The largest absolute Gasteiger partial charge is 0.335 e. The first-order chi connectivity index (χ1) is 10.1. The van der Waals surface area contributed by atoms with Crippen molar-refractivity contribution in [1.29, 1.82) is 0 Å². The van der Waals surface area contributed by atoms with Crippen molar-refractivity contribution in [3.05, 3.63) is 48.0 Å². The maximum absolute atomic E-state index is 12.2. The van der Waals surface area contributed by atoms with Gasteiger partial charge in [-0.25, -0.2) is 0 Å². The molecule has 5 nitrogen and oxygen atoms in total. The van der Waals surface area contributed by atoms with Crippen molar-refractivity contribution in [1.82, 2.24) is 19.7 Å². The number of hydrogen-bond acceptors (Lipinski definition) is 3. The van der Waals surface area contributed by atoms with E-state index < -0.39 is 0 Å². The van der Waals surface area contributed by atoms with Gasteiger partial charge in [0.25, 0.3) is 0 Å². The van der Waals surface area contributed by atoms with Gasteiger partial charge in [-0.05, 0) is 19.4 Å². The third-order valence-electron chi connectivity index (χ3n) is 4.02. The highest BCUT2D eigenvalue weighted by atomic mass is 16.2. The number of likely N-dealkylation sites (tertiary alicyclic amines) is 1. The Labute approximate surface area is 124 Å². The van der Waals surface area contributed by atoms with Crippen molar-refractivity contribution in [3.8, 4) is 0 Å². The second kappa shape index (κ2) is 5.68. The number of rotatable bonds is 4. The van der Waals surface area contributed by atoms with Gasteiger partial charge in [-0.1, -0.05) is 30.3 Å². The van der Waals surface area contributed by atoms with E-state index in [9.17, 15) is 4.79 Å². The molecule has 0 radical (unpaired) electrons. The molecule has 1 aromatic heterocycles. The number of benzene rings is 1. The Bertz CT molecular complexity index is 620. The number of hydrogen-bond donors (Lipinski definition) is 0. The van der Waals surface area contributed by atoms with Crippen LogP contribution in [0, 0.1) is 0 Å². The van der Waals surface area contributed by atoms with Gasteiger partial charge in [-0.15, -0.1) is 10.2 Å². The molecule has 0 spiro atoms. The first-order valence-corrected chi connectivity index (χ1v) is 7.36. The monoisotopic (exact) mass is 284 g/mol. The molecule has 21 heavy (non-hydrogen) atoms. The Balaban J connectivity index is 1.73. The fourth-order valence-corrected chi connectivity index (χ4v) is 2.86. The van der Waals surface area contributed by atoms with Gasteiger partial charge in [0.15, 0.2) is 5.82 Å². The van der Waals surface area contributed by atoms with E-state index in [0.717, 1.165) is 12.4 Å². The van der Waals surface area contributed by atoms with Crippen LogP contribution in [0.4, 0.5) is 0 Å². The van der Waals surface area contributed by atoms with Crippen LogP contribution in [0.5, 0.6) is 0 Å². The van der Waals surface area contributed by atoms with Crippen LogP contribution in [-0.2, 0) is 11.3 Å². The van der Waals surface area contributed by atoms with E-state index in [1.807, 2.05) is 27.7 Å². The molecule has 1 unspecified atom stereocenters. The van der Waals surface area contributed by atoms with Crippen LogP contribution < -0.4 is 0 Å². The van der Waals surface area contributed by atoms with Gasteiger partial charge in [0.2, 0.25) is 5.91 Å². The molecule has 1 aliphatic heterocycles. The van der Waals surface area contributed by atoms with Crippen molar-refractivity contribution >= 4 is 5.91 Å². The van der Waals surface area contributed by atoms with E-state index in [1.165, 1.54) is 5.56 Å². The number of carbonyl (C=O) groups is 1. The third-order valence-corrected chi connectivity index (χ3v) is 4.02. The quantitative estimate of drug-likeness (QED) is 0.866. The Hall–Kier alpha value is -2.17. The summed E-state index contributed by atoms with van der Waals surface area (Å²) in [6.07, 6.45) is 2.31. The number of nitrogens with zero attached hydrogens (tertiary/aromatic N) is 4. The molecular weight excluding hydrogens is 264 g/mol. The molecular formula is C16H20N4O. The molecule has 0 saturated carbocycles. The lowest BCUT2D eigenvalue weighted by Gasteiger charge is -2.18. The van der Waals surface area contributed by atoms with Gasteiger partial charge < -0.3 is 9.47 Å². The Morgan fingerprint density at radius 1 is 1.29 bits per heavy atom. The number of amides is 1. The van der Waals surface area contributed by atoms with Crippen LogP contribution in [-0.4, -0.2) is 32.1 Å². The topological polar surface area (TPSA) is 51.0 Å². The summed E-state index contributed by atoms with van der Waals surface area (Å²) in [5.74, 6) is 1.34. The smallest absolute Gasteiger partial charge is 0.223 e. The highest BCUT2D eigenvalue weighted by Gasteiger charge is 2.31. The Kier molecular flexibility index (Phi) is 3.73. The summed E-state index contributed by atoms with van der Waals surface area (Å²) in [5, 5.41) is 8.11. The second-order valence-electron chi connectivity index (χ2n) is 5.83. The summed E-state index contributed by atoms with van der Waals surface area (Å²) in [6, 6.07) is 10.5. The summed E-state index contributed by atoms with van der Waals surface area (Å²) in [4.78, 5) is 14.1. The van der Waals surface area contributed by atoms with Crippen LogP contribution in [0.2, 0.25) is 0 Å². The molecule has 2 heterocycles. The van der Waals surface area contributed by atoms with Gasteiger partial charge in [0.05, 0.1) is 6.54 Å². The predicted molar refractivity (Wildman–Crippen MR) is 79.6 cm³/mol. The molecule has 1 fully saturated rings. The maximum Gasteiger partial charge on any atom is 0.223 e. The lowest BCUT2D eigenvalue weighted by Crippen LogP contribution is -2.26. The molecule has 1 amide bonds. The van der Waals surface area contributed by atoms with Gasteiger partial charge in [-0.3, -0.25) is 4.79 Å². The molecule has 3 rings (SSSR count). The molecule has 0 N–H and O–H groups in total. The molecule has 0 aliphatic carbocycles. The molecule has 0 bridgehead atoms. The van der Waals surface area contributed by atoms with E-state index in [1.54, 1.807) is 6.33 Å². The van der Waals surface area contributed by atoms with Crippen LogP contribution in [0.1, 0.15) is 43.6 Å². The van der Waals surface area contributed by atoms with Gasteiger partial charge in [0, 0.05) is 24.9 Å². The van der Waals surface area contributed by atoms with Crippen LogP contribution >= 0.6 is 0 Å². The SMILES string of the molecule is CC(C)n1cnnc1CN1CC(c2ccccc2)CC1=O. The summed E-state index contributed by atoms with van der Waals surface area (Å²) >= 11 is 0. The molecule has 1 atom stereocenters. The molecule has 1 aromatic carbocycles. The zero-order chi connectivity index (χ0) is 14.8. The normalized spacial score (nSPS) is 18.7. The standard InChI is InChI=1S/C16H20N4O/c1-12(2)20-11-17-18-15(20)10-19-9-14(8-16(19)21)13-6-4-3-5-7-13/h3-7,11-12,14H,8-10H2,1-2H3. The van der Waals surface area contributed by atoms with E-state index >= 15 is 0 Å².